The Morgan fingerprint density at radius 2 is 1.78 bits per heavy atom. The molecule has 2 fully saturated rings. The van der Waals surface area contributed by atoms with Crippen LogP contribution in [0.4, 0.5) is 5.69 Å². The minimum Gasteiger partial charge on any atom is -0.378 e. The van der Waals surface area contributed by atoms with Crippen LogP contribution in [0.15, 0.2) is 30.3 Å². The zero-order valence-corrected chi connectivity index (χ0v) is 18.9. The Morgan fingerprint density at radius 1 is 1.06 bits per heavy atom. The lowest BCUT2D eigenvalue weighted by atomic mass is 10.1. The molecule has 9 heteroatoms. The van der Waals surface area contributed by atoms with E-state index in [0.29, 0.717) is 17.2 Å². The highest BCUT2D eigenvalue weighted by molar-refractivity contribution is 6.33. The third-order valence-corrected chi connectivity index (χ3v) is 6.47. The lowest BCUT2D eigenvalue weighted by molar-refractivity contribution is -0.130. The minimum absolute atomic E-state index is 0.137. The van der Waals surface area contributed by atoms with E-state index < -0.39 is 0 Å². The number of ether oxygens (including phenoxy) is 1. The third-order valence-electron chi connectivity index (χ3n) is 6.18. The quantitative estimate of drug-likeness (QED) is 0.653. The average Bonchev–Trinajstić information content (AvgIpc) is 3.20. The molecule has 0 saturated carbocycles. The number of nitrogens with zero attached hydrogens (tertiary/aromatic N) is 5. The number of pyridine rings is 1. The van der Waals surface area contributed by atoms with E-state index in [-0.39, 0.29) is 5.91 Å². The van der Waals surface area contributed by atoms with Gasteiger partial charge in [0.25, 0.3) is 0 Å². The third kappa shape index (κ3) is 4.44. The fourth-order valence-corrected chi connectivity index (χ4v) is 4.59. The van der Waals surface area contributed by atoms with Gasteiger partial charge >= 0.3 is 0 Å². The maximum atomic E-state index is 11.5. The molecule has 1 amide bonds. The summed E-state index contributed by atoms with van der Waals surface area (Å²) in [4.78, 5) is 30.8. The predicted octanol–water partition coefficient (Wildman–Crippen LogP) is 2.78. The molecule has 2 saturated heterocycles. The van der Waals surface area contributed by atoms with E-state index in [0.717, 1.165) is 75.1 Å². The van der Waals surface area contributed by atoms with E-state index in [1.54, 1.807) is 6.92 Å². The van der Waals surface area contributed by atoms with Gasteiger partial charge in [0.2, 0.25) is 5.91 Å². The second-order valence-corrected chi connectivity index (χ2v) is 8.71. The van der Waals surface area contributed by atoms with Crippen LogP contribution in [0.3, 0.4) is 0 Å². The van der Waals surface area contributed by atoms with Crippen LogP contribution in [0.2, 0.25) is 5.02 Å². The molecule has 8 nitrogen and oxygen atoms in total. The van der Waals surface area contributed by atoms with Gasteiger partial charge in [-0.3, -0.25) is 9.69 Å². The number of morpholine rings is 1. The van der Waals surface area contributed by atoms with Crippen molar-refractivity contribution in [3.8, 4) is 11.3 Å². The number of nitrogens with one attached hydrogen (secondary N) is 1. The van der Waals surface area contributed by atoms with Gasteiger partial charge in [0.05, 0.1) is 36.0 Å². The van der Waals surface area contributed by atoms with Gasteiger partial charge in [-0.15, -0.1) is 0 Å². The molecule has 0 spiro atoms. The molecule has 3 aromatic rings. The molecule has 2 aliphatic rings. The molecule has 0 bridgehead atoms. The number of carbonyl (C=O) groups excluding carboxylic acids is 1. The number of imidazole rings is 1. The number of piperazine rings is 1. The van der Waals surface area contributed by atoms with Crippen LogP contribution in [0.5, 0.6) is 0 Å². The summed E-state index contributed by atoms with van der Waals surface area (Å²) in [6.07, 6.45) is 0. The number of fused-ring (bicyclic) bond motifs is 1. The molecule has 32 heavy (non-hydrogen) atoms. The number of aromatic amines is 1. The topological polar surface area (TPSA) is 77.6 Å². The first-order chi connectivity index (χ1) is 15.6. The molecule has 5 rings (SSSR count). The minimum atomic E-state index is 0.137. The molecular weight excluding hydrogens is 428 g/mol. The first-order valence-electron chi connectivity index (χ1n) is 11.0. The molecule has 1 N–H and O–H groups in total. The van der Waals surface area contributed by atoms with Crippen LogP contribution in [0.1, 0.15) is 12.7 Å². The van der Waals surface area contributed by atoms with Crippen molar-refractivity contribution in [2.75, 3.05) is 57.4 Å². The van der Waals surface area contributed by atoms with Gasteiger partial charge in [-0.2, -0.15) is 0 Å². The van der Waals surface area contributed by atoms with Gasteiger partial charge in [-0.25, -0.2) is 9.97 Å². The standard InChI is InChI=1S/C23H27ClN6O2/c1-16(31)29-8-6-28(7-9-29)15-21-25-20-14-19(24)22(27-23(20)26-21)17-2-4-18(5-3-17)30-10-12-32-13-11-30/h2-5,14H,6-13,15H2,1H3,(H,25,26,27). The SMILES string of the molecule is CC(=O)N1CCN(Cc2nc3nc(-c4ccc(N5CCOCC5)cc4)c(Cl)cc3[nH]2)CC1. The van der Waals surface area contributed by atoms with Crippen molar-refractivity contribution >= 4 is 34.4 Å². The number of H-pyrrole nitrogens is 1. The Hall–Kier alpha value is -2.68. The summed E-state index contributed by atoms with van der Waals surface area (Å²) in [6, 6.07) is 10.2. The van der Waals surface area contributed by atoms with Crippen LogP contribution in [-0.2, 0) is 16.1 Å². The van der Waals surface area contributed by atoms with Gasteiger partial charge in [0.15, 0.2) is 5.65 Å². The fourth-order valence-electron chi connectivity index (χ4n) is 4.33. The summed E-state index contributed by atoms with van der Waals surface area (Å²) in [7, 11) is 0. The number of rotatable bonds is 4. The number of benzene rings is 1. The Kier molecular flexibility index (Phi) is 5.99. The monoisotopic (exact) mass is 454 g/mol. The molecule has 2 aliphatic heterocycles. The number of anilines is 1. The summed E-state index contributed by atoms with van der Waals surface area (Å²) >= 11 is 6.59. The predicted molar refractivity (Wildman–Crippen MR) is 125 cm³/mol. The molecule has 4 heterocycles. The Balaban J connectivity index is 1.32. The van der Waals surface area contributed by atoms with Gasteiger partial charge in [-0.05, 0) is 18.2 Å². The summed E-state index contributed by atoms with van der Waals surface area (Å²) in [6.45, 7) is 8.85. The van der Waals surface area contributed by atoms with Gasteiger partial charge < -0.3 is 19.5 Å². The van der Waals surface area contributed by atoms with Crippen LogP contribution in [0.25, 0.3) is 22.4 Å². The van der Waals surface area contributed by atoms with Crippen molar-refractivity contribution < 1.29 is 9.53 Å². The molecule has 2 aromatic heterocycles. The summed E-state index contributed by atoms with van der Waals surface area (Å²) < 4.78 is 5.44. The highest BCUT2D eigenvalue weighted by Gasteiger charge is 2.20. The molecule has 168 valence electrons. The Bertz CT molecular complexity index is 1100. The average molecular weight is 455 g/mol. The van der Waals surface area contributed by atoms with E-state index in [1.807, 2.05) is 11.0 Å². The number of carbonyl (C=O) groups is 1. The number of hydrogen-bond acceptors (Lipinski definition) is 6. The van der Waals surface area contributed by atoms with E-state index in [4.69, 9.17) is 26.3 Å². The molecule has 0 unspecified atom stereocenters. The zero-order chi connectivity index (χ0) is 22.1. The second kappa shape index (κ2) is 9.05. The lowest BCUT2D eigenvalue weighted by Gasteiger charge is -2.33. The Labute approximate surface area is 192 Å². The molecular formula is C23H27ClN6O2. The van der Waals surface area contributed by atoms with Crippen LogP contribution in [-0.4, -0.2) is 83.1 Å². The van der Waals surface area contributed by atoms with Gasteiger partial charge in [0.1, 0.15) is 5.82 Å². The molecule has 0 radical (unpaired) electrons. The normalized spacial score (nSPS) is 17.8. The lowest BCUT2D eigenvalue weighted by Crippen LogP contribution is -2.47. The van der Waals surface area contributed by atoms with Crippen molar-refractivity contribution in [1.82, 2.24) is 24.8 Å². The van der Waals surface area contributed by atoms with Crippen LogP contribution < -0.4 is 4.90 Å². The van der Waals surface area contributed by atoms with Crippen molar-refractivity contribution in [3.05, 3.63) is 41.2 Å². The maximum Gasteiger partial charge on any atom is 0.219 e. The van der Waals surface area contributed by atoms with Crippen molar-refractivity contribution in [2.45, 2.75) is 13.5 Å². The highest BCUT2D eigenvalue weighted by Crippen LogP contribution is 2.30. The van der Waals surface area contributed by atoms with E-state index >= 15 is 0 Å². The maximum absolute atomic E-state index is 11.5. The van der Waals surface area contributed by atoms with E-state index in [9.17, 15) is 4.79 Å². The molecule has 1 aromatic carbocycles. The first-order valence-corrected chi connectivity index (χ1v) is 11.4. The fraction of sp³-hybridized carbons (Fsp3) is 0.435. The zero-order valence-electron chi connectivity index (χ0n) is 18.2. The van der Waals surface area contributed by atoms with Gasteiger partial charge in [0, 0.05) is 57.4 Å². The number of hydrogen-bond donors (Lipinski definition) is 1. The van der Waals surface area contributed by atoms with Crippen molar-refractivity contribution in [3.63, 3.8) is 0 Å². The van der Waals surface area contributed by atoms with Crippen LogP contribution in [0, 0.1) is 0 Å². The van der Waals surface area contributed by atoms with Crippen LogP contribution >= 0.6 is 11.6 Å². The number of aromatic nitrogens is 3. The summed E-state index contributed by atoms with van der Waals surface area (Å²) in [5, 5.41) is 0.599. The summed E-state index contributed by atoms with van der Waals surface area (Å²) in [5.74, 6) is 0.998. The van der Waals surface area contributed by atoms with Gasteiger partial charge in [-0.1, -0.05) is 23.7 Å². The van der Waals surface area contributed by atoms with Crippen molar-refractivity contribution in [2.24, 2.45) is 0 Å². The molecule has 0 aliphatic carbocycles. The number of halogens is 1. The highest BCUT2D eigenvalue weighted by atomic mass is 35.5. The first kappa shape index (κ1) is 21.2. The van der Waals surface area contributed by atoms with E-state index in [2.05, 4.69) is 39.0 Å². The van der Waals surface area contributed by atoms with E-state index in [1.165, 1.54) is 5.69 Å². The largest absolute Gasteiger partial charge is 0.378 e. The Morgan fingerprint density at radius 3 is 2.47 bits per heavy atom. The second-order valence-electron chi connectivity index (χ2n) is 8.30. The smallest absolute Gasteiger partial charge is 0.219 e. The number of amides is 1. The van der Waals surface area contributed by atoms with Crippen molar-refractivity contribution in [1.29, 1.82) is 0 Å². The summed E-state index contributed by atoms with van der Waals surface area (Å²) in [5.41, 5.74) is 4.39. The molecule has 0 atom stereocenters.